The average molecular weight is 1150 g/mol. The van der Waals surface area contributed by atoms with Gasteiger partial charge in [0, 0.05) is 74.1 Å². The Morgan fingerprint density at radius 3 is 0.822 bits per heavy atom. The molecule has 0 atom stereocenters. The predicted octanol–water partition coefficient (Wildman–Crippen LogP) is 20.2. The maximum atomic E-state index is 11.4. The number of nitriles is 2. The van der Waals surface area contributed by atoms with Crippen molar-refractivity contribution in [1.82, 2.24) is 29.1 Å². The molecule has 8 heteroatoms. The summed E-state index contributed by atoms with van der Waals surface area (Å²) in [6, 6.07) is 102. The molecule has 0 aliphatic heterocycles. The quantitative estimate of drug-likeness (QED) is 0.128. The Hall–Kier alpha value is -12.6. The first-order valence-corrected chi connectivity index (χ1v) is 29.8. The summed E-state index contributed by atoms with van der Waals surface area (Å²) >= 11 is 0. The van der Waals surface area contributed by atoms with E-state index in [4.69, 9.17) is 19.9 Å². The average Bonchev–Trinajstić information content (AvgIpc) is 1.56. The molecule has 6 aromatic heterocycles. The zero-order chi connectivity index (χ0) is 60.1. The molecule has 8 nitrogen and oxygen atoms in total. The first-order valence-electron chi connectivity index (χ1n) is 29.8. The van der Waals surface area contributed by atoms with Crippen LogP contribution in [0.3, 0.4) is 0 Å². The fraction of sp³-hybridized carbons (Fsp3) is 0. The molecular weight excluding hydrogens is 1100 g/mol. The van der Waals surface area contributed by atoms with Crippen molar-refractivity contribution in [3.8, 4) is 124 Å². The monoisotopic (exact) mass is 1150 g/mol. The van der Waals surface area contributed by atoms with Gasteiger partial charge < -0.3 is 9.13 Å². The molecule has 0 unspecified atom stereocenters. The van der Waals surface area contributed by atoms with E-state index in [0.29, 0.717) is 11.1 Å². The van der Waals surface area contributed by atoms with Gasteiger partial charge in [-0.15, -0.1) is 0 Å². The summed E-state index contributed by atoms with van der Waals surface area (Å²) in [5, 5.41) is 26.2. The Morgan fingerprint density at radius 1 is 0.233 bits per heavy atom. The van der Waals surface area contributed by atoms with Gasteiger partial charge in [-0.05, 0) is 171 Å². The maximum absolute atomic E-state index is 11.4. The minimum Gasteiger partial charge on any atom is -0.308 e. The van der Waals surface area contributed by atoms with Crippen LogP contribution >= 0.6 is 0 Å². The molecule has 6 heterocycles. The number of pyridine rings is 4. The van der Waals surface area contributed by atoms with Gasteiger partial charge in [-0.2, -0.15) is 10.5 Å². The molecule has 90 heavy (non-hydrogen) atoms. The highest BCUT2D eigenvalue weighted by Crippen LogP contribution is 2.46. The summed E-state index contributed by atoms with van der Waals surface area (Å²) in [6.07, 6.45) is 7.52. The number of benzene rings is 10. The van der Waals surface area contributed by atoms with Gasteiger partial charge in [0.1, 0.15) is 0 Å². The topological polar surface area (TPSA) is 109 Å². The third-order valence-corrected chi connectivity index (χ3v) is 17.2. The fourth-order valence-electron chi connectivity index (χ4n) is 12.9. The largest absolute Gasteiger partial charge is 0.308 e. The van der Waals surface area contributed by atoms with Gasteiger partial charge in [-0.3, -0.25) is 19.9 Å². The first kappa shape index (κ1) is 52.9. The van der Waals surface area contributed by atoms with Crippen LogP contribution in [0.4, 0.5) is 0 Å². The van der Waals surface area contributed by atoms with Gasteiger partial charge in [0.2, 0.25) is 0 Å². The van der Waals surface area contributed by atoms with E-state index >= 15 is 0 Å². The van der Waals surface area contributed by atoms with Crippen LogP contribution in [0.2, 0.25) is 0 Å². The first-order chi connectivity index (χ1) is 44.5. The van der Waals surface area contributed by atoms with Crippen LogP contribution in [0.1, 0.15) is 11.1 Å². The van der Waals surface area contributed by atoms with Gasteiger partial charge in [0.15, 0.2) is 0 Å². The standard InChI is InChI=1S/C82H50N8/c83-51-53-14-13-23-67(40-53)82-80(89-76-28-24-59(63-32-36-85-72(47-63)55-15-5-1-6-16-55)43-68(76)69-44-60(25-29-77(69)89)64-33-37-86-73(48-64)56-17-7-2-8-18-56)41-54(52-84)42-81(82)90-78-30-26-61(65-34-38-87-74(49-65)57-19-9-3-10-20-57)45-70(78)71-46-62(27-31-79(71)90)66-35-39-88-75(50-66)58-21-11-4-12-22-58/h1-50H. The molecule has 0 radical (unpaired) electrons. The Morgan fingerprint density at radius 2 is 0.522 bits per heavy atom. The molecule has 0 spiro atoms. The summed E-state index contributed by atoms with van der Waals surface area (Å²) in [6.45, 7) is 0. The normalized spacial score (nSPS) is 11.3. The molecule has 418 valence electrons. The maximum Gasteiger partial charge on any atom is 0.0993 e. The number of aromatic nitrogens is 6. The lowest BCUT2D eigenvalue weighted by molar-refractivity contribution is 1.13. The highest BCUT2D eigenvalue weighted by atomic mass is 15.0. The van der Waals surface area contributed by atoms with Crippen LogP contribution in [0.15, 0.2) is 304 Å². The Labute approximate surface area is 519 Å². The summed E-state index contributed by atoms with van der Waals surface area (Å²) in [7, 11) is 0. The highest BCUT2D eigenvalue weighted by Gasteiger charge is 2.25. The van der Waals surface area contributed by atoms with Crippen molar-refractivity contribution in [2.45, 2.75) is 0 Å². The molecule has 16 aromatic rings. The van der Waals surface area contributed by atoms with Gasteiger partial charge in [0.05, 0.1) is 79.5 Å². The second-order valence-corrected chi connectivity index (χ2v) is 22.5. The molecule has 0 saturated heterocycles. The molecule has 0 N–H and O–H groups in total. The van der Waals surface area contributed by atoms with E-state index in [9.17, 15) is 10.5 Å². The Kier molecular flexibility index (Phi) is 13.1. The van der Waals surface area contributed by atoms with Crippen LogP contribution in [-0.2, 0) is 0 Å². The van der Waals surface area contributed by atoms with E-state index in [0.717, 1.165) is 156 Å². The predicted molar refractivity (Wildman–Crippen MR) is 365 cm³/mol. The third kappa shape index (κ3) is 9.51. The van der Waals surface area contributed by atoms with E-state index in [1.807, 2.05) is 128 Å². The molecule has 16 rings (SSSR count). The van der Waals surface area contributed by atoms with Crippen LogP contribution in [0.5, 0.6) is 0 Å². The molecule has 0 bridgehead atoms. The number of nitrogens with zero attached hydrogens (tertiary/aromatic N) is 8. The zero-order valence-electron chi connectivity index (χ0n) is 48.4. The lowest BCUT2D eigenvalue weighted by Crippen LogP contribution is -2.05. The SMILES string of the molecule is N#Cc1cccc(-c2c(-n3c4ccc(-c5ccnc(-c6ccccc6)c5)cc4c4cc(-c5ccnc(-c6ccccc6)c5)ccc43)cc(C#N)cc2-n2c3ccc(-c4ccnc(-c5ccccc5)c4)cc3c3cc(-c4ccnc(-c5ccccc5)c4)ccc32)c1. The number of hydrogen-bond donors (Lipinski definition) is 0. The fourth-order valence-corrected chi connectivity index (χ4v) is 12.9. The summed E-state index contributed by atoms with van der Waals surface area (Å²) in [4.78, 5) is 19.2. The number of rotatable bonds is 11. The van der Waals surface area contributed by atoms with E-state index in [2.05, 4.69) is 197 Å². The summed E-state index contributed by atoms with van der Waals surface area (Å²) in [5.41, 5.74) is 23.9. The van der Waals surface area contributed by atoms with E-state index in [1.165, 1.54) is 0 Å². The zero-order valence-corrected chi connectivity index (χ0v) is 48.4. The van der Waals surface area contributed by atoms with Crippen LogP contribution in [-0.4, -0.2) is 29.1 Å². The van der Waals surface area contributed by atoms with Gasteiger partial charge in [0.25, 0.3) is 0 Å². The Balaban J connectivity index is 0.962. The van der Waals surface area contributed by atoms with Crippen molar-refractivity contribution < 1.29 is 0 Å². The van der Waals surface area contributed by atoms with Crippen LogP contribution in [0, 0.1) is 22.7 Å². The highest BCUT2D eigenvalue weighted by molar-refractivity contribution is 6.14. The number of fused-ring (bicyclic) bond motifs is 6. The van der Waals surface area contributed by atoms with Crippen molar-refractivity contribution >= 4 is 43.6 Å². The van der Waals surface area contributed by atoms with Crippen molar-refractivity contribution in [1.29, 1.82) is 10.5 Å². The molecule has 0 saturated carbocycles. The van der Waals surface area contributed by atoms with E-state index < -0.39 is 0 Å². The van der Waals surface area contributed by atoms with Gasteiger partial charge in [-0.1, -0.05) is 158 Å². The van der Waals surface area contributed by atoms with Crippen LogP contribution in [0.25, 0.3) is 156 Å². The number of hydrogen-bond acceptors (Lipinski definition) is 6. The smallest absolute Gasteiger partial charge is 0.0993 e. The minimum atomic E-state index is 0.470. The molecule has 0 amide bonds. The Bertz CT molecular complexity index is 4970. The molecule has 10 aromatic carbocycles. The summed E-state index contributed by atoms with van der Waals surface area (Å²) < 4.78 is 4.62. The van der Waals surface area contributed by atoms with Crippen molar-refractivity contribution in [3.63, 3.8) is 0 Å². The van der Waals surface area contributed by atoms with Crippen molar-refractivity contribution in [2.24, 2.45) is 0 Å². The minimum absolute atomic E-state index is 0.470. The van der Waals surface area contributed by atoms with Gasteiger partial charge in [-0.25, -0.2) is 0 Å². The van der Waals surface area contributed by atoms with Crippen molar-refractivity contribution in [3.05, 3.63) is 315 Å². The van der Waals surface area contributed by atoms with Gasteiger partial charge >= 0.3 is 0 Å². The summed E-state index contributed by atoms with van der Waals surface area (Å²) in [5.74, 6) is 0. The molecule has 0 fully saturated rings. The van der Waals surface area contributed by atoms with Crippen LogP contribution < -0.4 is 0 Å². The van der Waals surface area contributed by atoms with Crippen molar-refractivity contribution in [2.75, 3.05) is 0 Å². The molecule has 0 aliphatic rings. The third-order valence-electron chi connectivity index (χ3n) is 17.2. The van der Waals surface area contributed by atoms with E-state index in [1.54, 1.807) is 0 Å². The lowest BCUT2D eigenvalue weighted by atomic mass is 9.96. The van der Waals surface area contributed by atoms with E-state index in [-0.39, 0.29) is 0 Å². The lowest BCUT2D eigenvalue weighted by Gasteiger charge is -2.21. The second kappa shape index (κ2) is 22.3. The molecule has 0 aliphatic carbocycles. The second-order valence-electron chi connectivity index (χ2n) is 22.5. The molecular formula is C82H50N8.